The lowest BCUT2D eigenvalue weighted by Gasteiger charge is -1.99. The first-order chi connectivity index (χ1) is 6.65. The van der Waals surface area contributed by atoms with Crippen molar-refractivity contribution in [2.75, 3.05) is 6.61 Å². The van der Waals surface area contributed by atoms with E-state index in [0.717, 1.165) is 0 Å². The Bertz CT molecular complexity index is 319. The minimum absolute atomic E-state index is 0.193. The van der Waals surface area contributed by atoms with Crippen LogP contribution in [0.3, 0.4) is 0 Å². The molecule has 0 aliphatic heterocycles. The van der Waals surface area contributed by atoms with Crippen LogP contribution in [-0.2, 0) is 11.4 Å². The Hall–Kier alpha value is -1.33. The fourth-order valence-electron chi connectivity index (χ4n) is 1.07. The van der Waals surface area contributed by atoms with Gasteiger partial charge in [-0.15, -0.1) is 0 Å². The van der Waals surface area contributed by atoms with Crippen LogP contribution in [0.2, 0.25) is 0 Å². The van der Waals surface area contributed by atoms with Crippen molar-refractivity contribution in [2.24, 2.45) is 0 Å². The quantitative estimate of drug-likeness (QED) is 0.553. The SMILES string of the molecule is CCONCc1cc(C(=O)O)c(C)o1. The van der Waals surface area contributed by atoms with Crippen molar-refractivity contribution in [2.45, 2.75) is 20.4 Å². The van der Waals surface area contributed by atoms with Crippen molar-refractivity contribution >= 4 is 5.97 Å². The first kappa shape index (κ1) is 10.7. The number of carboxylic acids is 1. The third-order valence-electron chi connectivity index (χ3n) is 1.69. The zero-order valence-electron chi connectivity index (χ0n) is 8.16. The van der Waals surface area contributed by atoms with Crippen LogP contribution < -0.4 is 5.48 Å². The van der Waals surface area contributed by atoms with Crippen LogP contribution in [0.15, 0.2) is 10.5 Å². The van der Waals surface area contributed by atoms with Gasteiger partial charge in [0.1, 0.15) is 17.1 Å². The Morgan fingerprint density at radius 3 is 2.93 bits per heavy atom. The first-order valence-electron chi connectivity index (χ1n) is 4.32. The van der Waals surface area contributed by atoms with Gasteiger partial charge >= 0.3 is 5.97 Å². The summed E-state index contributed by atoms with van der Waals surface area (Å²) in [6, 6.07) is 1.49. The van der Waals surface area contributed by atoms with E-state index in [-0.39, 0.29) is 5.56 Å². The second-order valence-corrected chi connectivity index (χ2v) is 2.74. The fraction of sp³-hybridized carbons (Fsp3) is 0.444. The molecule has 1 aromatic rings. The Balaban J connectivity index is 2.62. The van der Waals surface area contributed by atoms with Crippen molar-refractivity contribution < 1.29 is 19.2 Å². The molecule has 1 heterocycles. The number of nitrogens with one attached hydrogen (secondary N) is 1. The summed E-state index contributed by atoms with van der Waals surface area (Å²) in [5.41, 5.74) is 2.84. The number of hydrogen-bond acceptors (Lipinski definition) is 4. The van der Waals surface area contributed by atoms with Gasteiger partial charge in [0, 0.05) is 0 Å². The lowest BCUT2D eigenvalue weighted by molar-refractivity contribution is 0.0424. The molecule has 0 aliphatic rings. The molecule has 78 valence electrons. The van der Waals surface area contributed by atoms with Crippen LogP contribution >= 0.6 is 0 Å². The predicted molar refractivity (Wildman–Crippen MR) is 48.9 cm³/mol. The summed E-state index contributed by atoms with van der Waals surface area (Å²) in [6.45, 7) is 4.38. The first-order valence-corrected chi connectivity index (χ1v) is 4.32. The molecule has 2 N–H and O–H groups in total. The van der Waals surface area contributed by atoms with E-state index in [9.17, 15) is 4.79 Å². The van der Waals surface area contributed by atoms with E-state index < -0.39 is 5.97 Å². The zero-order chi connectivity index (χ0) is 10.6. The number of hydrogen-bond donors (Lipinski definition) is 2. The van der Waals surface area contributed by atoms with Gasteiger partial charge in [-0.2, -0.15) is 5.48 Å². The molecular weight excluding hydrogens is 186 g/mol. The number of rotatable bonds is 5. The molecule has 0 saturated heterocycles. The normalized spacial score (nSPS) is 10.4. The second kappa shape index (κ2) is 4.78. The van der Waals surface area contributed by atoms with Gasteiger partial charge in [0.15, 0.2) is 0 Å². The summed E-state index contributed by atoms with van der Waals surface area (Å²) < 4.78 is 5.20. The molecule has 0 radical (unpaired) electrons. The number of aromatic carboxylic acids is 1. The Morgan fingerprint density at radius 1 is 1.71 bits per heavy atom. The second-order valence-electron chi connectivity index (χ2n) is 2.74. The average Bonchev–Trinajstić information content (AvgIpc) is 2.47. The predicted octanol–water partition coefficient (Wildman–Crippen LogP) is 1.33. The van der Waals surface area contributed by atoms with Crippen LogP contribution in [0.1, 0.15) is 28.8 Å². The molecule has 0 bridgehead atoms. The molecule has 0 unspecified atom stereocenters. The lowest BCUT2D eigenvalue weighted by atomic mass is 10.2. The zero-order valence-corrected chi connectivity index (χ0v) is 8.16. The lowest BCUT2D eigenvalue weighted by Crippen LogP contribution is -2.12. The summed E-state index contributed by atoms with van der Waals surface area (Å²) >= 11 is 0. The topological polar surface area (TPSA) is 71.7 Å². The molecule has 0 fully saturated rings. The van der Waals surface area contributed by atoms with Gasteiger partial charge in [-0.25, -0.2) is 4.79 Å². The highest BCUT2D eigenvalue weighted by atomic mass is 16.6. The summed E-state index contributed by atoms with van der Waals surface area (Å²) in [5.74, 6) is -0.0203. The van der Waals surface area contributed by atoms with Crippen LogP contribution in [0.25, 0.3) is 0 Å². The molecule has 0 spiro atoms. The summed E-state index contributed by atoms with van der Waals surface area (Å²) in [6.07, 6.45) is 0. The van der Waals surface area contributed by atoms with E-state index in [4.69, 9.17) is 14.4 Å². The molecular formula is C9H13NO4. The number of aryl methyl sites for hydroxylation is 1. The average molecular weight is 199 g/mol. The van der Waals surface area contributed by atoms with Gasteiger partial charge in [0.2, 0.25) is 0 Å². The number of carboxylic acid groups (broad SMARTS) is 1. The van der Waals surface area contributed by atoms with E-state index in [1.54, 1.807) is 6.92 Å². The molecule has 1 rings (SSSR count). The minimum atomic E-state index is -0.978. The van der Waals surface area contributed by atoms with Gasteiger partial charge in [-0.05, 0) is 19.9 Å². The minimum Gasteiger partial charge on any atom is -0.478 e. The van der Waals surface area contributed by atoms with Crippen LogP contribution in [0.5, 0.6) is 0 Å². The van der Waals surface area contributed by atoms with E-state index >= 15 is 0 Å². The summed E-state index contributed by atoms with van der Waals surface area (Å²) in [7, 11) is 0. The van der Waals surface area contributed by atoms with Crippen molar-refractivity contribution in [3.8, 4) is 0 Å². The fourth-order valence-corrected chi connectivity index (χ4v) is 1.07. The molecule has 0 aromatic carbocycles. The van der Waals surface area contributed by atoms with Gasteiger partial charge in [0.05, 0.1) is 13.2 Å². The van der Waals surface area contributed by atoms with E-state index in [0.29, 0.717) is 24.7 Å². The van der Waals surface area contributed by atoms with Crippen molar-refractivity contribution in [3.05, 3.63) is 23.2 Å². The van der Waals surface area contributed by atoms with Gasteiger partial charge < -0.3 is 14.4 Å². The molecule has 1 aromatic heterocycles. The highest BCUT2D eigenvalue weighted by Gasteiger charge is 2.12. The largest absolute Gasteiger partial charge is 0.478 e. The smallest absolute Gasteiger partial charge is 0.339 e. The third kappa shape index (κ3) is 2.58. The van der Waals surface area contributed by atoms with E-state index in [1.165, 1.54) is 6.07 Å². The number of carbonyl (C=O) groups is 1. The van der Waals surface area contributed by atoms with Gasteiger partial charge in [0.25, 0.3) is 0 Å². The van der Waals surface area contributed by atoms with E-state index in [1.807, 2.05) is 6.92 Å². The number of hydroxylamine groups is 1. The maximum atomic E-state index is 10.7. The van der Waals surface area contributed by atoms with Crippen molar-refractivity contribution in [1.82, 2.24) is 5.48 Å². The molecule has 0 atom stereocenters. The maximum absolute atomic E-state index is 10.7. The molecule has 0 amide bonds. The molecule has 0 aliphatic carbocycles. The maximum Gasteiger partial charge on any atom is 0.339 e. The van der Waals surface area contributed by atoms with Crippen LogP contribution in [-0.4, -0.2) is 17.7 Å². The van der Waals surface area contributed by atoms with Crippen LogP contribution in [0, 0.1) is 6.92 Å². The Kier molecular flexibility index (Phi) is 3.67. The highest BCUT2D eigenvalue weighted by molar-refractivity contribution is 5.88. The van der Waals surface area contributed by atoms with Gasteiger partial charge in [-0.1, -0.05) is 0 Å². The molecule has 14 heavy (non-hydrogen) atoms. The number of furan rings is 1. The summed E-state index contributed by atoms with van der Waals surface area (Å²) in [5, 5.41) is 8.74. The highest BCUT2D eigenvalue weighted by Crippen LogP contribution is 2.14. The summed E-state index contributed by atoms with van der Waals surface area (Å²) in [4.78, 5) is 15.5. The van der Waals surface area contributed by atoms with Gasteiger partial charge in [-0.3, -0.25) is 0 Å². The molecule has 5 heteroatoms. The molecule has 0 saturated carbocycles. The molecule has 5 nitrogen and oxygen atoms in total. The monoisotopic (exact) mass is 199 g/mol. The Labute approximate surface area is 81.6 Å². The van der Waals surface area contributed by atoms with Crippen molar-refractivity contribution in [1.29, 1.82) is 0 Å². The van der Waals surface area contributed by atoms with Crippen LogP contribution in [0.4, 0.5) is 0 Å². The van der Waals surface area contributed by atoms with E-state index in [2.05, 4.69) is 5.48 Å². The Morgan fingerprint density at radius 2 is 2.43 bits per heavy atom. The standard InChI is InChI=1S/C9H13NO4/c1-3-13-10-5-7-4-8(9(11)12)6(2)14-7/h4,10H,3,5H2,1-2H3,(H,11,12). The third-order valence-corrected chi connectivity index (χ3v) is 1.69. The van der Waals surface area contributed by atoms with Crippen molar-refractivity contribution in [3.63, 3.8) is 0 Å².